The Morgan fingerprint density at radius 1 is 0.882 bits per heavy atom. The fraction of sp³-hybridized carbons (Fsp3) is 0.385. The van der Waals surface area contributed by atoms with E-state index in [-0.39, 0.29) is 23.5 Å². The molecular weight excluding hydrogens is 433 g/mol. The minimum Gasteiger partial charge on any atom is -0.339 e. The molecule has 0 spiro atoms. The zero-order chi connectivity index (χ0) is 23.5. The van der Waals surface area contributed by atoms with Crippen molar-refractivity contribution in [3.63, 3.8) is 0 Å². The van der Waals surface area contributed by atoms with E-state index >= 15 is 0 Å². The number of aryl methyl sites for hydroxylation is 1. The van der Waals surface area contributed by atoms with Crippen LogP contribution >= 0.6 is 0 Å². The molecule has 0 saturated carbocycles. The van der Waals surface area contributed by atoms with Crippen LogP contribution in [0.4, 0.5) is 10.1 Å². The first kappa shape index (κ1) is 22.3. The van der Waals surface area contributed by atoms with E-state index in [2.05, 4.69) is 20.1 Å². The molecule has 0 radical (unpaired) electrons. The van der Waals surface area contributed by atoms with Crippen molar-refractivity contribution in [2.75, 3.05) is 18.4 Å². The molecule has 34 heavy (non-hydrogen) atoms. The van der Waals surface area contributed by atoms with E-state index in [1.165, 1.54) is 30.7 Å². The van der Waals surface area contributed by atoms with E-state index in [1.807, 2.05) is 24.3 Å². The van der Waals surface area contributed by atoms with Crippen molar-refractivity contribution in [1.29, 1.82) is 0 Å². The average molecular weight is 462 g/mol. The van der Waals surface area contributed by atoms with Gasteiger partial charge < -0.3 is 14.8 Å². The third-order valence-corrected chi connectivity index (χ3v) is 6.76. The van der Waals surface area contributed by atoms with Crippen LogP contribution in [-0.4, -0.2) is 44.6 Å². The molecule has 2 aliphatic heterocycles. The number of anilines is 1. The van der Waals surface area contributed by atoms with Crippen LogP contribution in [0, 0.1) is 11.7 Å². The molecule has 0 atom stereocenters. The maximum Gasteiger partial charge on any atom is 0.253 e. The summed E-state index contributed by atoms with van der Waals surface area (Å²) in [7, 11) is 0. The van der Waals surface area contributed by atoms with Crippen molar-refractivity contribution in [2.24, 2.45) is 5.92 Å². The number of amides is 2. The molecule has 0 unspecified atom stereocenters. The Morgan fingerprint density at radius 3 is 2.35 bits per heavy atom. The molecular formula is C26H28FN5O2. The zero-order valence-corrected chi connectivity index (χ0v) is 19.0. The van der Waals surface area contributed by atoms with Crippen LogP contribution in [-0.2, 0) is 17.8 Å². The van der Waals surface area contributed by atoms with Gasteiger partial charge in [-0.25, -0.2) is 4.39 Å². The molecule has 1 aromatic heterocycles. The summed E-state index contributed by atoms with van der Waals surface area (Å²) < 4.78 is 15.3. The minimum atomic E-state index is -0.365. The molecule has 7 nitrogen and oxygen atoms in total. The van der Waals surface area contributed by atoms with Gasteiger partial charge in [-0.3, -0.25) is 9.59 Å². The summed E-state index contributed by atoms with van der Waals surface area (Å²) in [5.74, 6) is 1.27. The van der Waals surface area contributed by atoms with E-state index < -0.39 is 0 Å². The van der Waals surface area contributed by atoms with Gasteiger partial charge in [0.15, 0.2) is 5.82 Å². The lowest BCUT2D eigenvalue weighted by Gasteiger charge is -2.31. The summed E-state index contributed by atoms with van der Waals surface area (Å²) in [4.78, 5) is 27.1. The van der Waals surface area contributed by atoms with Gasteiger partial charge in [0.25, 0.3) is 5.91 Å². The first-order valence-corrected chi connectivity index (χ1v) is 12.0. The molecule has 1 fully saturated rings. The molecule has 1 N–H and O–H groups in total. The number of aromatic nitrogens is 3. The monoisotopic (exact) mass is 461 g/mol. The number of nitrogens with zero attached hydrogens (tertiary/aromatic N) is 4. The Morgan fingerprint density at radius 2 is 1.62 bits per heavy atom. The van der Waals surface area contributed by atoms with Gasteiger partial charge in [0.2, 0.25) is 5.91 Å². The standard InChI is InChI=1S/C26H28FN5O2/c27-21-9-5-20(6-10-21)26(34)31-16-13-19(14-17-31)25(33)28-22-11-7-18(8-12-22)24-30-29-23-4-2-1-3-15-32(23)24/h5-12,19H,1-4,13-17H2,(H,28,33). The van der Waals surface area contributed by atoms with Gasteiger partial charge in [0.05, 0.1) is 0 Å². The Labute approximate surface area is 198 Å². The second-order valence-corrected chi connectivity index (χ2v) is 9.04. The molecule has 3 aromatic rings. The van der Waals surface area contributed by atoms with E-state index in [4.69, 9.17) is 0 Å². The van der Waals surface area contributed by atoms with Crippen molar-refractivity contribution < 1.29 is 14.0 Å². The number of carbonyl (C=O) groups excluding carboxylic acids is 2. The third-order valence-electron chi connectivity index (χ3n) is 6.76. The Bertz CT molecular complexity index is 1160. The third kappa shape index (κ3) is 4.71. The van der Waals surface area contributed by atoms with Crippen LogP contribution in [0.15, 0.2) is 48.5 Å². The van der Waals surface area contributed by atoms with Gasteiger partial charge in [-0.1, -0.05) is 6.42 Å². The lowest BCUT2D eigenvalue weighted by atomic mass is 9.95. The zero-order valence-electron chi connectivity index (χ0n) is 19.0. The summed E-state index contributed by atoms with van der Waals surface area (Å²) in [6, 6.07) is 13.3. The predicted octanol–water partition coefficient (Wildman–Crippen LogP) is 4.30. The highest BCUT2D eigenvalue weighted by Gasteiger charge is 2.28. The number of halogens is 1. The summed E-state index contributed by atoms with van der Waals surface area (Å²) in [5.41, 5.74) is 2.20. The molecule has 2 aromatic carbocycles. The van der Waals surface area contributed by atoms with Crippen molar-refractivity contribution in [3.05, 3.63) is 65.7 Å². The quantitative estimate of drug-likeness (QED) is 0.628. The largest absolute Gasteiger partial charge is 0.339 e. The molecule has 1 saturated heterocycles. The molecule has 3 heterocycles. The van der Waals surface area contributed by atoms with Crippen molar-refractivity contribution in [1.82, 2.24) is 19.7 Å². The molecule has 0 bridgehead atoms. The van der Waals surface area contributed by atoms with Gasteiger partial charge in [-0.2, -0.15) is 0 Å². The molecule has 8 heteroatoms. The van der Waals surface area contributed by atoms with E-state index in [9.17, 15) is 14.0 Å². The highest BCUT2D eigenvalue weighted by Crippen LogP contribution is 2.25. The SMILES string of the molecule is O=C(Nc1ccc(-c2nnc3n2CCCCC3)cc1)C1CCN(C(=O)c2ccc(F)cc2)CC1. The number of piperidine rings is 1. The summed E-state index contributed by atoms with van der Waals surface area (Å²) in [6.45, 7) is 1.95. The summed E-state index contributed by atoms with van der Waals surface area (Å²) in [6.07, 6.45) is 5.68. The first-order valence-electron chi connectivity index (χ1n) is 12.0. The molecule has 176 valence electrons. The van der Waals surface area contributed by atoms with Crippen LogP contribution in [0.1, 0.15) is 48.3 Å². The fourth-order valence-electron chi connectivity index (χ4n) is 4.77. The van der Waals surface area contributed by atoms with Gasteiger partial charge in [0, 0.05) is 48.8 Å². The number of likely N-dealkylation sites (tertiary alicyclic amines) is 1. The number of rotatable bonds is 4. The number of hydrogen-bond acceptors (Lipinski definition) is 4. The summed E-state index contributed by atoms with van der Waals surface area (Å²) >= 11 is 0. The van der Waals surface area contributed by atoms with Crippen molar-refractivity contribution in [3.8, 4) is 11.4 Å². The van der Waals surface area contributed by atoms with Gasteiger partial charge in [-0.05, 0) is 74.2 Å². The fourth-order valence-corrected chi connectivity index (χ4v) is 4.77. The highest BCUT2D eigenvalue weighted by molar-refractivity contribution is 5.95. The maximum absolute atomic E-state index is 13.1. The van der Waals surface area contributed by atoms with E-state index in [0.29, 0.717) is 31.5 Å². The minimum absolute atomic E-state index is 0.0297. The highest BCUT2D eigenvalue weighted by atomic mass is 19.1. The first-order chi connectivity index (χ1) is 16.6. The number of hydrogen-bond donors (Lipinski definition) is 1. The molecule has 5 rings (SSSR count). The number of carbonyl (C=O) groups is 2. The van der Waals surface area contributed by atoms with Crippen molar-refractivity contribution in [2.45, 2.75) is 45.1 Å². The molecule has 2 amide bonds. The number of benzene rings is 2. The normalized spacial score (nSPS) is 16.6. The average Bonchev–Trinajstić information content (AvgIpc) is 3.12. The Balaban J connectivity index is 1.17. The Hall–Kier alpha value is -3.55. The maximum atomic E-state index is 13.1. The van der Waals surface area contributed by atoms with Crippen LogP contribution in [0.2, 0.25) is 0 Å². The molecule has 0 aliphatic carbocycles. The van der Waals surface area contributed by atoms with Crippen LogP contribution in [0.3, 0.4) is 0 Å². The van der Waals surface area contributed by atoms with Gasteiger partial charge in [-0.15, -0.1) is 10.2 Å². The Kier molecular flexibility index (Phi) is 6.38. The topological polar surface area (TPSA) is 80.1 Å². The van der Waals surface area contributed by atoms with Gasteiger partial charge >= 0.3 is 0 Å². The van der Waals surface area contributed by atoms with E-state index in [1.54, 1.807) is 4.90 Å². The second kappa shape index (κ2) is 9.75. The molecule has 2 aliphatic rings. The van der Waals surface area contributed by atoms with E-state index in [0.717, 1.165) is 48.7 Å². The van der Waals surface area contributed by atoms with Crippen LogP contribution in [0.25, 0.3) is 11.4 Å². The van der Waals surface area contributed by atoms with Crippen LogP contribution in [0.5, 0.6) is 0 Å². The predicted molar refractivity (Wildman–Crippen MR) is 127 cm³/mol. The lowest BCUT2D eigenvalue weighted by Crippen LogP contribution is -2.41. The van der Waals surface area contributed by atoms with Crippen molar-refractivity contribution >= 4 is 17.5 Å². The summed E-state index contributed by atoms with van der Waals surface area (Å²) in [5, 5.41) is 11.8. The lowest BCUT2D eigenvalue weighted by molar-refractivity contribution is -0.121. The number of fused-ring (bicyclic) bond motifs is 1. The smallest absolute Gasteiger partial charge is 0.253 e. The van der Waals surface area contributed by atoms with Gasteiger partial charge in [0.1, 0.15) is 11.6 Å². The second-order valence-electron chi connectivity index (χ2n) is 9.04. The number of nitrogens with one attached hydrogen (secondary N) is 1. The van der Waals surface area contributed by atoms with Crippen LogP contribution < -0.4 is 5.32 Å².